The molecule has 0 rings (SSSR count). The van der Waals surface area contributed by atoms with Gasteiger partial charge in [-0.25, -0.2) is 0 Å². The zero-order chi connectivity index (χ0) is 10.7. The van der Waals surface area contributed by atoms with Crippen molar-refractivity contribution in [2.45, 2.75) is 0 Å². The van der Waals surface area contributed by atoms with Crippen molar-refractivity contribution < 1.29 is 96.4 Å². The summed E-state index contributed by atoms with van der Waals surface area (Å²) in [6, 6.07) is 0. The fourth-order valence-corrected chi connectivity index (χ4v) is 0. The molecule has 9 nitrogen and oxygen atoms in total. The van der Waals surface area contributed by atoms with E-state index >= 15 is 0 Å². The second-order valence-corrected chi connectivity index (χ2v) is 0.866. The van der Waals surface area contributed by atoms with Crippen molar-refractivity contribution >= 4 is 46.4 Å². The van der Waals surface area contributed by atoms with Crippen molar-refractivity contribution in [2.75, 3.05) is 0 Å². The van der Waals surface area contributed by atoms with Gasteiger partial charge in [0.25, 0.3) is 0 Å². The maximum absolute atomic E-state index is 8.42. The molecule has 89 valence electrons. The van der Waals surface area contributed by atoms with Crippen molar-refractivity contribution in [1.29, 1.82) is 0 Å². The van der Waals surface area contributed by atoms with E-state index < -0.39 is 22.0 Å². The predicted octanol–water partition coefficient (Wildman–Crippen LogP) is -12.2. The summed E-state index contributed by atoms with van der Waals surface area (Å²) in [6.07, 6.45) is 0. The second-order valence-electron chi connectivity index (χ2n) is 0.866. The van der Waals surface area contributed by atoms with Gasteiger partial charge in [0.1, 0.15) is 0 Å². The quantitative estimate of drug-likeness (QED) is 0.312. The standard InChI is InChI=1S/3BO3.3Mn.Sb/c3*2-1(3)4;;;;/q3*-3;3*+2;+3. The van der Waals surface area contributed by atoms with Gasteiger partial charge in [0.2, 0.25) is 0 Å². The summed E-state index contributed by atoms with van der Waals surface area (Å²) in [5, 5.41) is 75.8. The van der Waals surface area contributed by atoms with E-state index in [1.807, 2.05) is 0 Å². The molecule has 16 heavy (non-hydrogen) atoms. The molecular formula is B3Mn3O9Sb. The predicted molar refractivity (Wildman–Crippen MR) is 23.0 cm³/mol. The van der Waals surface area contributed by atoms with Gasteiger partial charge in [0, 0.05) is 0 Å². The van der Waals surface area contributed by atoms with Gasteiger partial charge < -0.3 is 45.2 Å². The Bertz CT molecular complexity index is 54.5. The molecule has 0 atom stereocenters. The third-order valence-corrected chi connectivity index (χ3v) is 0. The molecule has 0 bridgehead atoms. The second kappa shape index (κ2) is 36.0. The Kier molecular flexibility index (Phi) is 96.5. The Morgan fingerprint density at radius 1 is 0.375 bits per heavy atom. The molecule has 0 aliphatic carbocycles. The molecule has 0 fully saturated rings. The summed E-state index contributed by atoms with van der Waals surface area (Å²) in [4.78, 5) is 0. The van der Waals surface area contributed by atoms with Crippen LogP contribution in [0.3, 0.4) is 0 Å². The maximum atomic E-state index is 8.42. The van der Waals surface area contributed by atoms with E-state index in [0.717, 1.165) is 0 Å². The van der Waals surface area contributed by atoms with Crippen LogP contribution in [0.25, 0.3) is 0 Å². The van der Waals surface area contributed by atoms with Crippen LogP contribution >= 0.6 is 0 Å². The molecule has 0 N–H and O–H groups in total. The Morgan fingerprint density at radius 3 is 0.375 bits per heavy atom. The van der Waals surface area contributed by atoms with Gasteiger partial charge in [0.05, 0.1) is 0 Å². The minimum atomic E-state index is -2.92. The van der Waals surface area contributed by atoms with Crippen molar-refractivity contribution in [2.24, 2.45) is 0 Å². The summed E-state index contributed by atoms with van der Waals surface area (Å²) in [5.74, 6) is 0. The van der Waals surface area contributed by atoms with Crippen molar-refractivity contribution in [3.05, 3.63) is 0 Å². The van der Waals surface area contributed by atoms with Crippen LogP contribution in [0, 0.1) is 0 Å². The maximum Gasteiger partial charge on any atom is 3.00 e. The van der Waals surface area contributed by atoms with Crippen molar-refractivity contribution in [3.63, 3.8) is 0 Å². The summed E-state index contributed by atoms with van der Waals surface area (Å²) >= 11 is 0. The third-order valence-electron chi connectivity index (χ3n) is 0. The van der Waals surface area contributed by atoms with E-state index in [9.17, 15) is 0 Å². The molecule has 0 aromatic rings. The van der Waals surface area contributed by atoms with Gasteiger partial charge in [0.15, 0.2) is 0 Å². The van der Waals surface area contributed by atoms with Crippen LogP contribution < -0.4 is 45.2 Å². The van der Waals surface area contributed by atoms with Gasteiger partial charge in [-0.15, -0.1) is 0 Å². The van der Waals surface area contributed by atoms with Crippen LogP contribution in [0.1, 0.15) is 0 Å². The largest absolute Gasteiger partial charge is 3.00 e. The van der Waals surface area contributed by atoms with Crippen LogP contribution in [0.2, 0.25) is 0 Å². The van der Waals surface area contributed by atoms with E-state index in [2.05, 4.69) is 0 Å². The van der Waals surface area contributed by atoms with E-state index in [-0.39, 0.29) is 75.6 Å². The van der Waals surface area contributed by atoms with E-state index in [1.165, 1.54) is 0 Å². The first-order valence-corrected chi connectivity index (χ1v) is 2.12. The smallest absolute Gasteiger partial charge is 0.907 e. The first-order valence-electron chi connectivity index (χ1n) is 2.12. The molecule has 0 aromatic heterocycles. The molecule has 0 unspecified atom stereocenters. The molecule has 0 heterocycles. The SMILES string of the molecule is [Mn+2].[Mn+2].[Mn+2].[O-]B([O-])[O-].[O-]B([O-])[O-].[O-]B([O-])[O-].[Sb+3]. The summed E-state index contributed by atoms with van der Waals surface area (Å²) < 4.78 is 0. The zero-order valence-corrected chi connectivity index (χ0v) is 13.1. The van der Waals surface area contributed by atoms with Crippen LogP contribution in [-0.4, -0.2) is 46.4 Å². The van der Waals surface area contributed by atoms with E-state index in [4.69, 9.17) is 45.2 Å². The average molecular weight is 463 g/mol. The molecule has 0 saturated heterocycles. The zero-order valence-electron chi connectivity index (χ0n) is 6.99. The van der Waals surface area contributed by atoms with Crippen molar-refractivity contribution in [1.82, 2.24) is 0 Å². The fraction of sp³-hybridized carbons (Fsp3) is 0. The number of hydrogen-bond donors (Lipinski definition) is 0. The summed E-state index contributed by atoms with van der Waals surface area (Å²) in [6.45, 7) is 0. The first kappa shape index (κ1) is 42.9. The minimum Gasteiger partial charge on any atom is -0.907 e. The van der Waals surface area contributed by atoms with E-state index in [0.29, 0.717) is 0 Å². The molecule has 0 saturated carbocycles. The number of hydrogen-bond acceptors (Lipinski definition) is 9. The molecule has 0 aliphatic rings. The van der Waals surface area contributed by atoms with Crippen molar-refractivity contribution in [3.8, 4) is 0 Å². The minimum absolute atomic E-state index is 0. The average Bonchev–Trinajstić information content (AvgIpc) is 1.54. The number of rotatable bonds is 0. The molecule has 16 heteroatoms. The van der Waals surface area contributed by atoms with Gasteiger partial charge in [-0.2, -0.15) is 0 Å². The fourth-order valence-electron chi connectivity index (χ4n) is 0. The Hall–Kier alpha value is 2.21. The summed E-state index contributed by atoms with van der Waals surface area (Å²) in [7, 11) is -8.75. The first-order chi connectivity index (χ1) is 5.20. The summed E-state index contributed by atoms with van der Waals surface area (Å²) in [5.41, 5.74) is 0. The van der Waals surface area contributed by atoms with Crippen LogP contribution in [0.5, 0.6) is 0 Å². The normalized spacial score (nSPS) is 5.06. The van der Waals surface area contributed by atoms with Crippen LogP contribution in [0.15, 0.2) is 0 Å². The molecular weight excluding hydrogens is 463 g/mol. The van der Waals surface area contributed by atoms with Gasteiger partial charge >= 0.3 is 75.6 Å². The van der Waals surface area contributed by atoms with Crippen LogP contribution in [0.4, 0.5) is 0 Å². The van der Waals surface area contributed by atoms with E-state index in [1.54, 1.807) is 0 Å². The molecule has 0 spiro atoms. The Balaban J connectivity index is -0.0000000135. The van der Waals surface area contributed by atoms with Gasteiger partial charge in [-0.1, -0.05) is 0 Å². The molecule has 0 aromatic carbocycles. The van der Waals surface area contributed by atoms with Gasteiger partial charge in [-0.3, -0.25) is 22.0 Å². The monoisotopic (exact) mass is 463 g/mol. The Morgan fingerprint density at radius 2 is 0.375 bits per heavy atom. The molecule has 0 amide bonds. The topological polar surface area (TPSA) is 208 Å². The Labute approximate surface area is 142 Å². The molecule has 5 radical (unpaired) electrons. The van der Waals surface area contributed by atoms with Gasteiger partial charge in [-0.05, 0) is 0 Å². The molecule has 0 aliphatic heterocycles. The van der Waals surface area contributed by atoms with Crippen LogP contribution in [-0.2, 0) is 51.2 Å². The third kappa shape index (κ3) is 767.